The topological polar surface area (TPSA) is 38.7 Å². The van der Waals surface area contributed by atoms with E-state index in [0.29, 0.717) is 17.5 Å². The molecule has 0 aliphatic carbocycles. The lowest BCUT2D eigenvalue weighted by atomic mass is 10.0. The molecule has 4 rings (SSSR count). The summed E-state index contributed by atoms with van der Waals surface area (Å²) in [6.45, 7) is 4.31. The molecule has 1 aliphatic heterocycles. The molecule has 3 aromatic carbocycles. The molecule has 1 heterocycles. The molecule has 0 spiro atoms. The lowest BCUT2D eigenvalue weighted by molar-refractivity contribution is -0.129. The first-order valence-electron chi connectivity index (χ1n) is 8.72. The number of carbonyl (C=O) groups is 1. The van der Waals surface area contributed by atoms with E-state index in [2.05, 4.69) is 31.0 Å². The van der Waals surface area contributed by atoms with Crippen molar-refractivity contribution in [3.63, 3.8) is 0 Å². The van der Waals surface area contributed by atoms with Crippen molar-refractivity contribution in [2.24, 2.45) is 4.99 Å². The molecule has 0 saturated carbocycles. The summed E-state index contributed by atoms with van der Waals surface area (Å²) in [6, 6.07) is 22.0. The Kier molecular flexibility index (Phi) is 4.13. The average Bonchev–Trinajstić information content (AvgIpc) is 3.02. The smallest absolute Gasteiger partial charge is 0.363 e. The Labute approximate surface area is 152 Å². The van der Waals surface area contributed by atoms with Crippen LogP contribution >= 0.6 is 0 Å². The summed E-state index contributed by atoms with van der Waals surface area (Å²) < 4.78 is 5.45. The van der Waals surface area contributed by atoms with Gasteiger partial charge in [0.05, 0.1) is 0 Å². The number of hydrogen-bond donors (Lipinski definition) is 0. The fourth-order valence-electron chi connectivity index (χ4n) is 3.07. The number of nitrogens with zero attached hydrogens (tertiary/aromatic N) is 1. The Morgan fingerprint density at radius 3 is 2.42 bits per heavy atom. The van der Waals surface area contributed by atoms with E-state index in [4.69, 9.17) is 4.74 Å². The van der Waals surface area contributed by atoms with Crippen LogP contribution in [0.3, 0.4) is 0 Å². The molecule has 0 N–H and O–H groups in total. The van der Waals surface area contributed by atoms with Crippen LogP contribution in [-0.2, 0) is 9.53 Å². The van der Waals surface area contributed by atoms with E-state index in [1.165, 1.54) is 5.56 Å². The second-order valence-electron chi connectivity index (χ2n) is 6.68. The van der Waals surface area contributed by atoms with Crippen LogP contribution in [0.15, 0.2) is 77.4 Å². The minimum atomic E-state index is -0.416. The Morgan fingerprint density at radius 2 is 1.65 bits per heavy atom. The van der Waals surface area contributed by atoms with E-state index in [1.54, 1.807) is 6.08 Å². The molecule has 0 atom stereocenters. The normalized spacial score (nSPS) is 15.6. The third kappa shape index (κ3) is 3.04. The number of rotatable bonds is 3. The average molecular weight is 341 g/mol. The highest BCUT2D eigenvalue weighted by molar-refractivity contribution is 6.17. The molecule has 26 heavy (non-hydrogen) atoms. The van der Waals surface area contributed by atoms with Crippen LogP contribution in [0.2, 0.25) is 0 Å². The van der Waals surface area contributed by atoms with Crippen LogP contribution in [0.5, 0.6) is 0 Å². The monoisotopic (exact) mass is 341 g/mol. The standard InChI is InChI=1S/C23H19NO2/c1-15(2)17-12-10-16(11-13-17)14-21-23(25)26-22(24-21)20-9-5-7-18-6-3-4-8-19(18)20/h3-15H,1-2H3/b21-14+. The number of aliphatic imine (C=N–C) groups is 1. The minimum Gasteiger partial charge on any atom is -0.402 e. The van der Waals surface area contributed by atoms with E-state index in [-0.39, 0.29) is 0 Å². The second kappa shape index (κ2) is 6.60. The maximum atomic E-state index is 12.3. The molecule has 0 amide bonds. The molecule has 0 radical (unpaired) electrons. The molecule has 3 heteroatoms. The van der Waals surface area contributed by atoms with Gasteiger partial charge in [0.25, 0.3) is 0 Å². The predicted molar refractivity (Wildman–Crippen MR) is 105 cm³/mol. The van der Waals surface area contributed by atoms with Gasteiger partial charge in [-0.15, -0.1) is 0 Å². The summed E-state index contributed by atoms with van der Waals surface area (Å²) in [4.78, 5) is 16.7. The first-order chi connectivity index (χ1) is 12.6. The third-order valence-electron chi connectivity index (χ3n) is 4.55. The molecule has 3 nitrogen and oxygen atoms in total. The van der Waals surface area contributed by atoms with Gasteiger partial charge in [-0.25, -0.2) is 9.79 Å². The van der Waals surface area contributed by atoms with Gasteiger partial charge in [-0.05, 0) is 40.0 Å². The Bertz CT molecular complexity index is 1040. The van der Waals surface area contributed by atoms with Crippen molar-refractivity contribution in [3.8, 4) is 0 Å². The zero-order valence-corrected chi connectivity index (χ0v) is 14.8. The van der Waals surface area contributed by atoms with E-state index in [1.807, 2.05) is 54.6 Å². The first kappa shape index (κ1) is 16.3. The van der Waals surface area contributed by atoms with Crippen LogP contribution in [0.4, 0.5) is 0 Å². The quantitative estimate of drug-likeness (QED) is 0.478. The molecular weight excluding hydrogens is 322 g/mol. The maximum absolute atomic E-state index is 12.3. The van der Waals surface area contributed by atoms with Gasteiger partial charge in [0.1, 0.15) is 0 Å². The number of ether oxygens (including phenoxy) is 1. The van der Waals surface area contributed by atoms with Crippen molar-refractivity contribution in [1.82, 2.24) is 0 Å². The Balaban J connectivity index is 1.71. The number of hydrogen-bond acceptors (Lipinski definition) is 3. The zero-order valence-electron chi connectivity index (χ0n) is 14.8. The molecular formula is C23H19NO2. The van der Waals surface area contributed by atoms with Crippen LogP contribution in [-0.4, -0.2) is 11.9 Å². The van der Waals surface area contributed by atoms with Gasteiger partial charge in [0.15, 0.2) is 5.70 Å². The van der Waals surface area contributed by atoms with E-state index >= 15 is 0 Å². The highest BCUT2D eigenvalue weighted by atomic mass is 16.6. The van der Waals surface area contributed by atoms with Gasteiger partial charge >= 0.3 is 5.97 Å². The largest absolute Gasteiger partial charge is 0.402 e. The number of carbonyl (C=O) groups excluding carboxylic acids is 1. The van der Waals surface area contributed by atoms with E-state index < -0.39 is 5.97 Å². The predicted octanol–water partition coefficient (Wildman–Crippen LogP) is 5.31. The van der Waals surface area contributed by atoms with Gasteiger partial charge in [0, 0.05) is 5.56 Å². The van der Waals surface area contributed by atoms with Crippen molar-refractivity contribution in [2.45, 2.75) is 19.8 Å². The number of benzene rings is 3. The highest BCUT2D eigenvalue weighted by Gasteiger charge is 2.25. The van der Waals surface area contributed by atoms with Gasteiger partial charge < -0.3 is 4.74 Å². The first-order valence-corrected chi connectivity index (χ1v) is 8.72. The molecule has 0 saturated heterocycles. The summed E-state index contributed by atoms with van der Waals surface area (Å²) in [6.07, 6.45) is 1.77. The Hall–Kier alpha value is -3.20. The van der Waals surface area contributed by atoms with Crippen LogP contribution in [0, 0.1) is 0 Å². The van der Waals surface area contributed by atoms with Crippen molar-refractivity contribution >= 4 is 28.7 Å². The zero-order chi connectivity index (χ0) is 18.1. The molecule has 0 fully saturated rings. The van der Waals surface area contributed by atoms with Gasteiger partial charge in [-0.2, -0.15) is 0 Å². The van der Waals surface area contributed by atoms with Crippen molar-refractivity contribution in [2.75, 3.05) is 0 Å². The molecule has 0 bridgehead atoms. The van der Waals surface area contributed by atoms with Gasteiger partial charge in [0.2, 0.25) is 5.90 Å². The fraction of sp³-hybridized carbons (Fsp3) is 0.130. The van der Waals surface area contributed by atoms with Gasteiger partial charge in [-0.1, -0.05) is 74.5 Å². The highest BCUT2D eigenvalue weighted by Crippen LogP contribution is 2.25. The van der Waals surface area contributed by atoms with Crippen LogP contribution in [0.1, 0.15) is 36.5 Å². The molecule has 128 valence electrons. The van der Waals surface area contributed by atoms with E-state index in [9.17, 15) is 4.79 Å². The lowest BCUT2D eigenvalue weighted by Crippen LogP contribution is -2.05. The summed E-state index contributed by atoms with van der Waals surface area (Å²) in [7, 11) is 0. The van der Waals surface area contributed by atoms with Crippen LogP contribution in [0.25, 0.3) is 16.8 Å². The van der Waals surface area contributed by atoms with E-state index in [0.717, 1.165) is 21.9 Å². The second-order valence-corrected chi connectivity index (χ2v) is 6.68. The van der Waals surface area contributed by atoms with Crippen LogP contribution < -0.4 is 0 Å². The molecule has 3 aromatic rings. The fourth-order valence-corrected chi connectivity index (χ4v) is 3.07. The lowest BCUT2D eigenvalue weighted by Gasteiger charge is -2.04. The number of esters is 1. The van der Waals surface area contributed by atoms with Crippen molar-refractivity contribution < 1.29 is 9.53 Å². The molecule has 0 aromatic heterocycles. The van der Waals surface area contributed by atoms with Crippen molar-refractivity contribution in [3.05, 3.63) is 89.1 Å². The Morgan fingerprint density at radius 1 is 0.923 bits per heavy atom. The summed E-state index contributed by atoms with van der Waals surface area (Å²) in [5.74, 6) is 0.418. The number of fused-ring (bicyclic) bond motifs is 1. The minimum absolute atomic E-state index is 0.324. The number of cyclic esters (lactones) is 1. The van der Waals surface area contributed by atoms with Crippen molar-refractivity contribution in [1.29, 1.82) is 0 Å². The maximum Gasteiger partial charge on any atom is 0.363 e. The summed E-state index contributed by atoms with van der Waals surface area (Å²) >= 11 is 0. The molecule has 0 unspecified atom stereocenters. The third-order valence-corrected chi connectivity index (χ3v) is 4.55. The SMILES string of the molecule is CC(C)c1ccc(/C=C2/N=C(c3cccc4ccccc34)OC2=O)cc1. The summed E-state index contributed by atoms with van der Waals surface area (Å²) in [5, 5.41) is 2.11. The summed E-state index contributed by atoms with van der Waals surface area (Å²) in [5.41, 5.74) is 3.35. The molecule has 1 aliphatic rings. The van der Waals surface area contributed by atoms with Gasteiger partial charge in [-0.3, -0.25) is 0 Å².